The van der Waals surface area contributed by atoms with Crippen molar-refractivity contribution in [2.75, 3.05) is 0 Å². The van der Waals surface area contributed by atoms with E-state index in [-0.39, 0.29) is 26.8 Å². The van der Waals surface area contributed by atoms with Gasteiger partial charge >= 0.3 is 0 Å². The number of phenols is 1. The van der Waals surface area contributed by atoms with Crippen molar-refractivity contribution in [3.05, 3.63) is 175 Å². The number of rotatable bonds is 6. The topological polar surface area (TPSA) is 72.3 Å². The van der Waals surface area contributed by atoms with Crippen molar-refractivity contribution in [3.63, 3.8) is 0 Å². The summed E-state index contributed by atoms with van der Waals surface area (Å²) in [5.41, 5.74) is 13.7. The molecule has 0 aliphatic rings. The molecule has 5 nitrogen and oxygen atoms in total. The number of hydrogen-bond donors (Lipinski definition) is 1. The maximum atomic E-state index is 11.1. The van der Waals surface area contributed by atoms with Gasteiger partial charge in [0, 0.05) is 71.0 Å². The van der Waals surface area contributed by atoms with E-state index in [1.807, 2.05) is 111 Å². The van der Waals surface area contributed by atoms with Crippen LogP contribution < -0.4 is 0 Å². The first-order valence-corrected chi connectivity index (χ1v) is 18.3. The van der Waals surface area contributed by atoms with Gasteiger partial charge in [-0.1, -0.05) is 108 Å². The van der Waals surface area contributed by atoms with Gasteiger partial charge in [-0.15, -0.1) is 24.3 Å². The number of nitrogens with zero attached hydrogens (tertiary/aromatic N) is 2. The molecule has 0 aliphatic heterocycles. The van der Waals surface area contributed by atoms with Gasteiger partial charge in [-0.05, 0) is 78.6 Å². The maximum Gasteiger partial charge on any atom is 0.142 e. The number of benzene rings is 6. The van der Waals surface area contributed by atoms with Crippen LogP contribution in [0.1, 0.15) is 11.3 Å². The Hall–Kier alpha value is -6.55. The molecule has 0 atom stereocenters. The molecule has 0 saturated heterocycles. The van der Waals surface area contributed by atoms with E-state index in [1.165, 1.54) is 0 Å². The smallest absolute Gasteiger partial charge is 0.142 e. The third-order valence-corrected chi connectivity index (χ3v) is 10.3. The van der Waals surface area contributed by atoms with Crippen LogP contribution in [-0.4, -0.2) is 15.1 Å². The summed E-state index contributed by atoms with van der Waals surface area (Å²) in [7, 11) is 0. The molecule has 0 spiro atoms. The Balaban J connectivity index is 0.00000410. The molecule has 0 amide bonds. The molecule has 0 unspecified atom stereocenters. The van der Waals surface area contributed by atoms with Crippen molar-refractivity contribution in [3.8, 4) is 73.1 Å². The molecule has 0 fully saturated rings. The minimum Gasteiger partial charge on any atom is -0.507 e. The van der Waals surface area contributed by atoms with Gasteiger partial charge in [-0.25, -0.2) is 0 Å². The number of aryl methyl sites for hydroxylation is 2. The van der Waals surface area contributed by atoms with Gasteiger partial charge in [0.05, 0.1) is 5.69 Å². The minimum absolute atomic E-state index is 0. The zero-order chi connectivity index (χ0) is 37.0. The monoisotopic (exact) mass is 904 g/mol. The van der Waals surface area contributed by atoms with Crippen LogP contribution in [-0.2, 0) is 21.1 Å². The Labute approximate surface area is 338 Å². The van der Waals surface area contributed by atoms with Crippen LogP contribution in [0, 0.1) is 19.9 Å². The molecular formula is C50H33N2O3Pt-. The minimum atomic E-state index is 0. The Morgan fingerprint density at radius 2 is 1.12 bits per heavy atom. The number of phenolic OH excluding ortho intramolecular Hbond substituents is 1. The largest absolute Gasteiger partial charge is 0.507 e. The molecule has 6 aromatic carbocycles. The third kappa shape index (κ3) is 6.20. The number of aromatic hydroxyl groups is 1. The third-order valence-electron chi connectivity index (χ3n) is 10.3. The fourth-order valence-electron chi connectivity index (χ4n) is 7.59. The average molecular weight is 905 g/mol. The first kappa shape index (κ1) is 35.2. The molecule has 56 heavy (non-hydrogen) atoms. The van der Waals surface area contributed by atoms with E-state index >= 15 is 0 Å². The van der Waals surface area contributed by atoms with Gasteiger partial charge in [-0.2, -0.15) is 0 Å². The van der Waals surface area contributed by atoms with Crippen LogP contribution in [0.15, 0.2) is 167 Å². The summed E-state index contributed by atoms with van der Waals surface area (Å²) in [5.74, 6) is 0.988. The first-order valence-electron chi connectivity index (χ1n) is 18.3. The van der Waals surface area contributed by atoms with E-state index < -0.39 is 0 Å². The van der Waals surface area contributed by atoms with Crippen molar-refractivity contribution >= 4 is 32.9 Å². The van der Waals surface area contributed by atoms with E-state index in [0.717, 1.165) is 100 Å². The number of hydrogen-bond acceptors (Lipinski definition) is 5. The fraction of sp³-hybridized carbons (Fsp3) is 0.0400. The van der Waals surface area contributed by atoms with E-state index in [9.17, 15) is 5.11 Å². The first-order chi connectivity index (χ1) is 27.0. The Bertz CT molecular complexity index is 3090. The zero-order valence-electron chi connectivity index (χ0n) is 30.5. The SMILES string of the molecule is Cc1cc(-c2oc3ccccc3c2-c2ccc3c(c2)oc2ccccc23)cc(-c2[c-]c(-c3cc(-c4ccccc4)cc(-c4cccc(C)c4O)n3)ccc2)n1.[Pt]. The number of pyridine rings is 2. The van der Waals surface area contributed by atoms with Crippen LogP contribution in [0.5, 0.6) is 5.75 Å². The molecular weight excluding hydrogens is 872 g/mol. The molecule has 0 saturated carbocycles. The number of furan rings is 2. The standard InChI is InChI=1S/C50H33N2O3.Pt/c1-30-12-10-19-40(49(30)53)44-27-36(32-13-4-3-5-14-32)26-43(52-44)34-16-11-15-33(25-34)42-28-37(24-31(2)51-42)50-48(41-18-7-9-21-46(41)55-50)35-22-23-39-38-17-6-8-20-45(38)54-47(39)29-35;/h3-24,26-29,53H,1-2H3;/q-1;. The van der Waals surface area contributed by atoms with E-state index in [4.69, 9.17) is 18.8 Å². The number of aromatic nitrogens is 2. The second kappa shape index (κ2) is 14.3. The van der Waals surface area contributed by atoms with Crippen LogP contribution in [0.4, 0.5) is 0 Å². The Morgan fingerprint density at radius 1 is 0.482 bits per heavy atom. The summed E-state index contributed by atoms with van der Waals surface area (Å²) in [5, 5.41) is 14.3. The Kier molecular flexibility index (Phi) is 8.96. The summed E-state index contributed by atoms with van der Waals surface area (Å²) in [6.07, 6.45) is 0. The van der Waals surface area contributed by atoms with E-state index in [0.29, 0.717) is 11.3 Å². The zero-order valence-corrected chi connectivity index (χ0v) is 32.8. The van der Waals surface area contributed by atoms with Gasteiger partial charge < -0.3 is 13.9 Å². The molecule has 10 aromatic rings. The van der Waals surface area contributed by atoms with Crippen molar-refractivity contribution in [1.29, 1.82) is 0 Å². The normalized spacial score (nSPS) is 11.3. The fourth-order valence-corrected chi connectivity index (χ4v) is 7.59. The van der Waals surface area contributed by atoms with Crippen molar-refractivity contribution in [1.82, 2.24) is 9.97 Å². The van der Waals surface area contributed by atoms with Crippen molar-refractivity contribution in [2.45, 2.75) is 13.8 Å². The van der Waals surface area contributed by atoms with Crippen LogP contribution in [0.2, 0.25) is 0 Å². The van der Waals surface area contributed by atoms with Crippen molar-refractivity contribution < 1.29 is 35.0 Å². The van der Waals surface area contributed by atoms with Crippen LogP contribution in [0.3, 0.4) is 0 Å². The molecule has 0 radical (unpaired) electrons. The molecule has 4 aromatic heterocycles. The molecule has 6 heteroatoms. The molecule has 0 bridgehead atoms. The number of fused-ring (bicyclic) bond motifs is 4. The van der Waals surface area contributed by atoms with Gasteiger partial charge in [-0.3, -0.25) is 9.97 Å². The number of para-hydroxylation sites is 3. The summed E-state index contributed by atoms with van der Waals surface area (Å²) in [6, 6.07) is 56.6. The molecule has 4 heterocycles. The van der Waals surface area contributed by atoms with E-state index in [2.05, 4.69) is 66.7 Å². The van der Waals surface area contributed by atoms with Gasteiger partial charge in [0.25, 0.3) is 0 Å². The average Bonchev–Trinajstić information content (AvgIpc) is 3.80. The summed E-state index contributed by atoms with van der Waals surface area (Å²) in [4.78, 5) is 10.1. The van der Waals surface area contributed by atoms with Gasteiger partial charge in [0.2, 0.25) is 0 Å². The summed E-state index contributed by atoms with van der Waals surface area (Å²) in [6.45, 7) is 3.90. The molecule has 0 aliphatic carbocycles. The van der Waals surface area contributed by atoms with Crippen LogP contribution >= 0.6 is 0 Å². The summed E-state index contributed by atoms with van der Waals surface area (Å²) < 4.78 is 13.0. The predicted molar refractivity (Wildman–Crippen MR) is 222 cm³/mol. The van der Waals surface area contributed by atoms with Gasteiger partial charge in [0.15, 0.2) is 0 Å². The van der Waals surface area contributed by atoms with Gasteiger partial charge in [0.1, 0.15) is 28.3 Å². The molecule has 1 N–H and O–H groups in total. The quantitative estimate of drug-likeness (QED) is 0.168. The van der Waals surface area contributed by atoms with Crippen molar-refractivity contribution in [2.24, 2.45) is 0 Å². The predicted octanol–water partition coefficient (Wildman–Crippen LogP) is 13.2. The second-order valence-corrected chi connectivity index (χ2v) is 13.9. The second-order valence-electron chi connectivity index (χ2n) is 13.9. The summed E-state index contributed by atoms with van der Waals surface area (Å²) >= 11 is 0. The van der Waals surface area contributed by atoms with Crippen LogP contribution in [0.25, 0.3) is 100 Å². The maximum absolute atomic E-state index is 11.1. The molecule has 10 rings (SSSR count). The Morgan fingerprint density at radius 3 is 1.93 bits per heavy atom. The molecule has 272 valence electrons. The van der Waals surface area contributed by atoms with E-state index in [1.54, 1.807) is 0 Å².